The number of rotatable bonds is 8. The van der Waals surface area contributed by atoms with Crippen molar-refractivity contribution in [1.29, 1.82) is 0 Å². The van der Waals surface area contributed by atoms with Crippen molar-refractivity contribution in [2.24, 2.45) is 0 Å². The summed E-state index contributed by atoms with van der Waals surface area (Å²) in [7, 11) is 0. The zero-order valence-corrected chi connectivity index (χ0v) is 19.4. The number of fused-ring (bicyclic) bond motifs is 2. The summed E-state index contributed by atoms with van der Waals surface area (Å²) in [5.74, 6) is 0.327. The predicted molar refractivity (Wildman–Crippen MR) is 134 cm³/mol. The van der Waals surface area contributed by atoms with Gasteiger partial charge in [-0.3, -0.25) is 4.79 Å². The molecule has 1 atom stereocenters. The molecule has 4 heteroatoms. The molecule has 4 aromatic carbocycles. The smallest absolute Gasteiger partial charge is 0.260 e. The molecule has 4 nitrogen and oxygen atoms in total. The summed E-state index contributed by atoms with van der Waals surface area (Å²) in [5.41, 5.74) is 1.78. The van der Waals surface area contributed by atoms with E-state index >= 15 is 0 Å². The average Bonchev–Trinajstić information content (AvgIpc) is 3.09. The number of unbranched alkanes of at least 4 members (excludes halogenated alkanes) is 1. The molecular formula is C30H29NO3. The van der Waals surface area contributed by atoms with Crippen molar-refractivity contribution in [3.63, 3.8) is 0 Å². The van der Waals surface area contributed by atoms with E-state index in [-0.39, 0.29) is 5.91 Å². The Kier molecular flexibility index (Phi) is 6.08. The van der Waals surface area contributed by atoms with Gasteiger partial charge in [0.15, 0.2) is 5.72 Å². The van der Waals surface area contributed by atoms with Crippen LogP contribution >= 0.6 is 0 Å². The highest BCUT2D eigenvalue weighted by Crippen LogP contribution is 2.45. The molecule has 34 heavy (non-hydrogen) atoms. The topological polar surface area (TPSA) is 49.8 Å². The maximum atomic E-state index is 13.7. The third kappa shape index (κ3) is 4.06. The number of carbonyl (C=O) groups excluding carboxylic acids is 1. The summed E-state index contributed by atoms with van der Waals surface area (Å²) in [5, 5.41) is 14.2. The summed E-state index contributed by atoms with van der Waals surface area (Å²) in [6.07, 6.45) is 2.24. The Morgan fingerprint density at radius 2 is 1.62 bits per heavy atom. The Hall–Kier alpha value is -3.63. The Labute approximate surface area is 200 Å². The van der Waals surface area contributed by atoms with Crippen LogP contribution in [0, 0.1) is 0 Å². The minimum absolute atomic E-state index is 0.188. The molecule has 5 rings (SSSR count). The van der Waals surface area contributed by atoms with Crippen molar-refractivity contribution < 1.29 is 14.6 Å². The van der Waals surface area contributed by atoms with Crippen LogP contribution in [0.5, 0.6) is 5.75 Å². The van der Waals surface area contributed by atoms with Crippen LogP contribution in [0.2, 0.25) is 0 Å². The van der Waals surface area contributed by atoms with Gasteiger partial charge in [-0.2, -0.15) is 0 Å². The second-order valence-electron chi connectivity index (χ2n) is 8.95. The number of carbonyl (C=O) groups is 1. The third-order valence-corrected chi connectivity index (χ3v) is 6.63. The zero-order chi connectivity index (χ0) is 23.5. The lowest BCUT2D eigenvalue weighted by Crippen LogP contribution is -2.43. The average molecular weight is 452 g/mol. The molecule has 1 aliphatic heterocycles. The summed E-state index contributed by atoms with van der Waals surface area (Å²) in [6, 6.07) is 29.8. The number of ether oxygens (including phenoxy) is 1. The van der Waals surface area contributed by atoms with Crippen molar-refractivity contribution >= 4 is 16.7 Å². The van der Waals surface area contributed by atoms with E-state index in [1.54, 1.807) is 4.90 Å². The number of aliphatic hydroxyl groups is 1. The second kappa shape index (κ2) is 9.32. The van der Waals surface area contributed by atoms with Gasteiger partial charge >= 0.3 is 0 Å². The summed E-state index contributed by atoms with van der Waals surface area (Å²) in [6.45, 7) is 2.78. The quantitative estimate of drug-likeness (QED) is 0.337. The summed E-state index contributed by atoms with van der Waals surface area (Å²) >= 11 is 0. The molecule has 0 saturated heterocycles. The van der Waals surface area contributed by atoms with Crippen LogP contribution in [0.25, 0.3) is 10.8 Å². The van der Waals surface area contributed by atoms with Crippen molar-refractivity contribution in [3.05, 3.63) is 113 Å². The molecule has 1 aliphatic rings. The van der Waals surface area contributed by atoms with Crippen molar-refractivity contribution in [3.8, 4) is 5.75 Å². The molecule has 1 heterocycles. The SMILES string of the molecule is CCCCC1(O)c2cccc(OCc3ccc4ccccc4c3)c2C(=O)N1Cc1ccccc1. The fraction of sp³-hybridized carbons (Fsp3) is 0.233. The first kappa shape index (κ1) is 22.2. The lowest BCUT2D eigenvalue weighted by Gasteiger charge is -2.34. The maximum Gasteiger partial charge on any atom is 0.260 e. The number of nitrogens with zero attached hydrogens (tertiary/aromatic N) is 1. The van der Waals surface area contributed by atoms with Gasteiger partial charge < -0.3 is 14.7 Å². The van der Waals surface area contributed by atoms with Gasteiger partial charge in [-0.05, 0) is 46.9 Å². The predicted octanol–water partition coefficient (Wildman–Crippen LogP) is 6.41. The normalized spacial score (nSPS) is 17.2. The van der Waals surface area contributed by atoms with Gasteiger partial charge in [0, 0.05) is 12.1 Å². The first-order valence-corrected chi connectivity index (χ1v) is 11.9. The molecule has 0 fully saturated rings. The Morgan fingerprint density at radius 3 is 2.41 bits per heavy atom. The second-order valence-corrected chi connectivity index (χ2v) is 8.95. The highest BCUT2D eigenvalue weighted by molar-refractivity contribution is 6.02. The minimum Gasteiger partial charge on any atom is -0.488 e. The van der Waals surface area contributed by atoms with Crippen LogP contribution in [0.15, 0.2) is 91.0 Å². The highest BCUT2D eigenvalue weighted by Gasteiger charge is 2.49. The van der Waals surface area contributed by atoms with Crippen molar-refractivity contribution in [2.45, 2.75) is 45.1 Å². The van der Waals surface area contributed by atoms with E-state index in [9.17, 15) is 9.90 Å². The van der Waals surface area contributed by atoms with E-state index in [1.165, 1.54) is 5.39 Å². The molecule has 1 amide bonds. The molecule has 4 aromatic rings. The van der Waals surface area contributed by atoms with E-state index in [1.807, 2.05) is 66.7 Å². The third-order valence-electron chi connectivity index (χ3n) is 6.63. The Balaban J connectivity index is 1.46. The molecule has 0 aromatic heterocycles. The molecule has 0 bridgehead atoms. The minimum atomic E-state index is -1.35. The van der Waals surface area contributed by atoms with Gasteiger partial charge in [0.05, 0.1) is 5.56 Å². The maximum absolute atomic E-state index is 13.7. The Bertz CT molecular complexity index is 1320. The molecule has 0 spiro atoms. The highest BCUT2D eigenvalue weighted by atomic mass is 16.5. The number of benzene rings is 4. The van der Waals surface area contributed by atoms with Crippen LogP contribution in [0.3, 0.4) is 0 Å². The summed E-state index contributed by atoms with van der Waals surface area (Å²) < 4.78 is 6.19. The van der Waals surface area contributed by atoms with Crippen molar-refractivity contribution in [1.82, 2.24) is 4.90 Å². The van der Waals surface area contributed by atoms with Gasteiger partial charge in [-0.1, -0.05) is 92.2 Å². The first-order valence-electron chi connectivity index (χ1n) is 11.9. The van der Waals surface area contributed by atoms with Crippen LogP contribution in [-0.2, 0) is 18.9 Å². The van der Waals surface area contributed by atoms with Crippen LogP contribution in [-0.4, -0.2) is 15.9 Å². The molecule has 0 radical (unpaired) electrons. The van der Waals surface area contributed by atoms with Gasteiger partial charge in [0.1, 0.15) is 12.4 Å². The largest absolute Gasteiger partial charge is 0.488 e. The lowest BCUT2D eigenvalue weighted by atomic mass is 9.95. The standard InChI is InChI=1S/C30H29NO3/c1-2-3-18-30(33)26-14-9-15-27(28(26)29(32)31(30)20-22-10-5-4-6-11-22)34-21-23-16-17-24-12-7-8-13-25(24)19-23/h4-17,19,33H,2-3,18,20-21H2,1H3. The van der Waals surface area contributed by atoms with Crippen LogP contribution in [0.4, 0.5) is 0 Å². The first-order chi connectivity index (χ1) is 16.6. The molecule has 0 saturated carbocycles. The van der Waals surface area contributed by atoms with E-state index in [2.05, 4.69) is 31.2 Å². The molecule has 1 unspecified atom stereocenters. The van der Waals surface area contributed by atoms with Gasteiger partial charge in [0.25, 0.3) is 5.91 Å². The number of hydrogen-bond donors (Lipinski definition) is 1. The van der Waals surface area contributed by atoms with Gasteiger partial charge in [0.2, 0.25) is 0 Å². The molecular weight excluding hydrogens is 422 g/mol. The van der Waals surface area contributed by atoms with Crippen molar-refractivity contribution in [2.75, 3.05) is 0 Å². The summed E-state index contributed by atoms with van der Waals surface area (Å²) in [4.78, 5) is 15.3. The molecule has 1 N–H and O–H groups in total. The fourth-order valence-corrected chi connectivity index (χ4v) is 4.81. The van der Waals surface area contributed by atoms with E-state index in [0.29, 0.717) is 36.4 Å². The van der Waals surface area contributed by atoms with E-state index in [0.717, 1.165) is 29.4 Å². The number of amides is 1. The van der Waals surface area contributed by atoms with Crippen LogP contribution in [0.1, 0.15) is 53.2 Å². The fourth-order valence-electron chi connectivity index (χ4n) is 4.81. The van der Waals surface area contributed by atoms with Gasteiger partial charge in [-0.15, -0.1) is 0 Å². The molecule has 0 aliphatic carbocycles. The van der Waals surface area contributed by atoms with Crippen LogP contribution < -0.4 is 4.74 Å². The number of hydrogen-bond acceptors (Lipinski definition) is 3. The Morgan fingerprint density at radius 1 is 0.853 bits per heavy atom. The zero-order valence-electron chi connectivity index (χ0n) is 19.4. The van der Waals surface area contributed by atoms with E-state index < -0.39 is 5.72 Å². The monoisotopic (exact) mass is 451 g/mol. The lowest BCUT2D eigenvalue weighted by molar-refractivity contribution is -0.0956. The van der Waals surface area contributed by atoms with Gasteiger partial charge in [-0.25, -0.2) is 0 Å². The molecule has 172 valence electrons. The van der Waals surface area contributed by atoms with E-state index in [4.69, 9.17) is 4.74 Å².